The van der Waals surface area contributed by atoms with E-state index in [0.29, 0.717) is 0 Å². The van der Waals surface area contributed by atoms with Gasteiger partial charge in [0.15, 0.2) is 5.82 Å². The topological polar surface area (TPSA) is 26.0 Å². The number of rotatable bonds is 1. The third kappa shape index (κ3) is 1.57. The molecule has 0 atom stereocenters. The molecule has 78 valence electrons. The zero-order valence-corrected chi connectivity index (χ0v) is 9.04. The van der Waals surface area contributed by atoms with Crippen molar-refractivity contribution in [3.63, 3.8) is 0 Å². The highest BCUT2D eigenvalue weighted by molar-refractivity contribution is 6.31. The van der Waals surface area contributed by atoms with Gasteiger partial charge in [-0.2, -0.15) is 0 Å². The lowest BCUT2D eigenvalue weighted by atomic mass is 9.99. The van der Waals surface area contributed by atoms with Crippen LogP contribution < -0.4 is 5.73 Å². The quantitative estimate of drug-likeness (QED) is 0.567. The van der Waals surface area contributed by atoms with Crippen molar-refractivity contribution in [2.45, 2.75) is 26.7 Å². The van der Waals surface area contributed by atoms with E-state index in [1.54, 1.807) is 13.8 Å². The van der Waals surface area contributed by atoms with Crippen molar-refractivity contribution in [2.24, 2.45) is 0 Å². The SMILES string of the molecule is Cc1c(N)c(F)c(C(C)C)c(Cl)c1F. The Bertz CT molecular complexity index is 346. The van der Waals surface area contributed by atoms with Crippen LogP contribution in [0, 0.1) is 18.6 Å². The van der Waals surface area contributed by atoms with Crippen molar-refractivity contribution in [3.8, 4) is 0 Å². The normalized spacial score (nSPS) is 11.1. The molecule has 0 aliphatic carbocycles. The molecule has 0 amide bonds. The van der Waals surface area contributed by atoms with Crippen LogP contribution >= 0.6 is 11.6 Å². The maximum atomic E-state index is 13.6. The number of halogens is 3. The van der Waals surface area contributed by atoms with Crippen LogP contribution in [0.3, 0.4) is 0 Å². The summed E-state index contributed by atoms with van der Waals surface area (Å²) in [7, 11) is 0. The molecule has 0 aliphatic rings. The third-order valence-electron chi connectivity index (χ3n) is 2.21. The van der Waals surface area contributed by atoms with E-state index < -0.39 is 11.6 Å². The van der Waals surface area contributed by atoms with Gasteiger partial charge in [-0.05, 0) is 12.8 Å². The Morgan fingerprint density at radius 1 is 1.21 bits per heavy atom. The number of hydrogen-bond donors (Lipinski definition) is 1. The molecule has 1 nitrogen and oxygen atoms in total. The summed E-state index contributed by atoms with van der Waals surface area (Å²) in [5, 5.41) is -0.163. The lowest BCUT2D eigenvalue weighted by Gasteiger charge is -2.14. The van der Waals surface area contributed by atoms with E-state index in [9.17, 15) is 8.78 Å². The summed E-state index contributed by atoms with van der Waals surface area (Å²) in [4.78, 5) is 0. The zero-order valence-electron chi connectivity index (χ0n) is 8.29. The summed E-state index contributed by atoms with van der Waals surface area (Å²) >= 11 is 5.70. The first-order valence-electron chi connectivity index (χ1n) is 4.30. The minimum absolute atomic E-state index is 0.0666. The molecule has 0 fully saturated rings. The summed E-state index contributed by atoms with van der Waals surface area (Å²) in [6.45, 7) is 4.88. The minimum atomic E-state index is -0.630. The van der Waals surface area contributed by atoms with Crippen molar-refractivity contribution in [3.05, 3.63) is 27.8 Å². The highest BCUT2D eigenvalue weighted by atomic mass is 35.5. The van der Waals surface area contributed by atoms with E-state index in [-0.39, 0.29) is 27.8 Å². The first kappa shape index (κ1) is 11.2. The van der Waals surface area contributed by atoms with Gasteiger partial charge in [-0.15, -0.1) is 0 Å². The van der Waals surface area contributed by atoms with E-state index in [4.69, 9.17) is 17.3 Å². The Balaban J connectivity index is 3.60. The number of anilines is 1. The molecule has 1 aromatic carbocycles. The Morgan fingerprint density at radius 3 is 2.14 bits per heavy atom. The zero-order chi connectivity index (χ0) is 11.0. The highest BCUT2D eigenvalue weighted by Crippen LogP contribution is 2.35. The van der Waals surface area contributed by atoms with Gasteiger partial charge in [-0.3, -0.25) is 0 Å². The molecule has 1 rings (SSSR count). The van der Waals surface area contributed by atoms with Gasteiger partial charge in [-0.25, -0.2) is 8.78 Å². The maximum Gasteiger partial charge on any atom is 0.151 e. The maximum absolute atomic E-state index is 13.6. The fourth-order valence-electron chi connectivity index (χ4n) is 1.31. The summed E-state index contributed by atoms with van der Waals surface area (Å²) in [5.41, 5.74) is 5.47. The van der Waals surface area contributed by atoms with Crippen molar-refractivity contribution < 1.29 is 8.78 Å². The van der Waals surface area contributed by atoms with Crippen LogP contribution in [0.2, 0.25) is 5.02 Å². The molecule has 0 saturated heterocycles. The summed E-state index contributed by atoms with van der Waals surface area (Å²) < 4.78 is 27.0. The van der Waals surface area contributed by atoms with Crippen molar-refractivity contribution in [1.82, 2.24) is 0 Å². The highest BCUT2D eigenvalue weighted by Gasteiger charge is 2.21. The Morgan fingerprint density at radius 2 is 1.71 bits per heavy atom. The molecule has 0 heterocycles. The van der Waals surface area contributed by atoms with E-state index in [0.717, 1.165) is 0 Å². The predicted molar refractivity (Wildman–Crippen MR) is 54.6 cm³/mol. The molecular formula is C10H12ClF2N. The fraction of sp³-hybridized carbons (Fsp3) is 0.400. The third-order valence-corrected chi connectivity index (χ3v) is 2.58. The number of nitrogen functional groups attached to an aromatic ring is 1. The molecule has 0 aromatic heterocycles. The summed E-state index contributed by atoms with van der Waals surface area (Å²) in [6, 6.07) is 0. The average molecular weight is 220 g/mol. The second kappa shape index (κ2) is 3.73. The number of nitrogens with two attached hydrogens (primary N) is 1. The number of benzene rings is 1. The van der Waals surface area contributed by atoms with Gasteiger partial charge >= 0.3 is 0 Å². The molecule has 1 aromatic rings. The van der Waals surface area contributed by atoms with Crippen LogP contribution in [0.5, 0.6) is 0 Å². The Kier molecular flexibility index (Phi) is 3.00. The van der Waals surface area contributed by atoms with Gasteiger partial charge < -0.3 is 5.73 Å². The van der Waals surface area contributed by atoms with Crippen LogP contribution in [-0.2, 0) is 0 Å². The molecule has 0 bridgehead atoms. The summed E-state index contributed by atoms with van der Waals surface area (Å²) in [5.74, 6) is -1.43. The van der Waals surface area contributed by atoms with Crippen molar-refractivity contribution in [2.75, 3.05) is 5.73 Å². The molecular weight excluding hydrogens is 208 g/mol. The standard InChI is InChI=1S/C10H12ClF2N/c1-4(2)6-7(11)8(12)5(3)10(14)9(6)13/h4H,14H2,1-3H3. The largest absolute Gasteiger partial charge is 0.396 e. The molecule has 4 heteroatoms. The van der Waals surface area contributed by atoms with Crippen LogP contribution in [0.4, 0.5) is 14.5 Å². The molecule has 0 radical (unpaired) electrons. The lowest BCUT2D eigenvalue weighted by molar-refractivity contribution is 0.575. The van der Waals surface area contributed by atoms with Crippen LogP contribution in [-0.4, -0.2) is 0 Å². The van der Waals surface area contributed by atoms with Gasteiger partial charge in [0.25, 0.3) is 0 Å². The predicted octanol–water partition coefficient (Wildman–Crippen LogP) is 3.63. The monoisotopic (exact) mass is 219 g/mol. The molecule has 0 unspecified atom stereocenters. The van der Waals surface area contributed by atoms with Crippen LogP contribution in [0.1, 0.15) is 30.9 Å². The van der Waals surface area contributed by atoms with Crippen LogP contribution in [0.25, 0.3) is 0 Å². The van der Waals surface area contributed by atoms with Gasteiger partial charge in [-0.1, -0.05) is 25.4 Å². The Hall–Kier alpha value is -0.830. The minimum Gasteiger partial charge on any atom is -0.396 e. The smallest absolute Gasteiger partial charge is 0.151 e. The molecule has 0 saturated carbocycles. The molecule has 0 aliphatic heterocycles. The number of hydrogen-bond acceptors (Lipinski definition) is 1. The lowest BCUT2D eigenvalue weighted by Crippen LogP contribution is -2.05. The van der Waals surface area contributed by atoms with Crippen LogP contribution in [0.15, 0.2) is 0 Å². The van der Waals surface area contributed by atoms with E-state index in [1.165, 1.54) is 6.92 Å². The Labute approximate surface area is 86.9 Å². The van der Waals surface area contributed by atoms with Gasteiger partial charge in [0, 0.05) is 11.1 Å². The van der Waals surface area contributed by atoms with E-state index in [2.05, 4.69) is 0 Å². The van der Waals surface area contributed by atoms with Gasteiger partial charge in [0.1, 0.15) is 5.82 Å². The van der Waals surface area contributed by atoms with E-state index in [1.807, 2.05) is 0 Å². The first-order valence-corrected chi connectivity index (χ1v) is 4.68. The van der Waals surface area contributed by atoms with Crippen molar-refractivity contribution >= 4 is 17.3 Å². The molecule has 2 N–H and O–H groups in total. The second-order valence-corrected chi connectivity index (χ2v) is 3.93. The van der Waals surface area contributed by atoms with Gasteiger partial charge in [0.2, 0.25) is 0 Å². The first-order chi connectivity index (χ1) is 6.37. The fourth-order valence-corrected chi connectivity index (χ4v) is 1.76. The second-order valence-electron chi connectivity index (χ2n) is 3.55. The van der Waals surface area contributed by atoms with Gasteiger partial charge in [0.05, 0.1) is 10.7 Å². The van der Waals surface area contributed by atoms with E-state index >= 15 is 0 Å². The van der Waals surface area contributed by atoms with Crippen molar-refractivity contribution in [1.29, 1.82) is 0 Å². The summed E-state index contributed by atoms with van der Waals surface area (Å²) in [6.07, 6.45) is 0. The average Bonchev–Trinajstić information content (AvgIpc) is 2.11. The molecule has 0 spiro atoms. The molecule has 14 heavy (non-hydrogen) atoms.